The summed E-state index contributed by atoms with van der Waals surface area (Å²) in [5.41, 5.74) is 8.84. The Balaban J connectivity index is 1.39. The summed E-state index contributed by atoms with van der Waals surface area (Å²) < 4.78 is 14.0. The second-order valence-electron chi connectivity index (χ2n) is 8.19. The molecule has 1 aliphatic rings. The Morgan fingerprint density at radius 3 is 2.76 bits per heavy atom. The molecule has 6 N–H and O–H groups in total. The summed E-state index contributed by atoms with van der Waals surface area (Å²) in [6.07, 6.45) is 3.03. The monoisotopic (exact) mass is 484 g/mol. The van der Waals surface area contributed by atoms with Crippen molar-refractivity contribution in [2.24, 2.45) is 0 Å². The fraction of sp³-hybridized carbons (Fsp3) is 0.292. The van der Waals surface area contributed by atoms with Gasteiger partial charge in [-0.15, -0.1) is 0 Å². The van der Waals surface area contributed by atoms with Gasteiger partial charge in [0.05, 0.1) is 11.9 Å². The molecular formula is C24H26ClFN6O2. The summed E-state index contributed by atoms with van der Waals surface area (Å²) in [7, 11) is 0. The normalized spacial score (nSPS) is 17.9. The third-order valence-corrected chi connectivity index (χ3v) is 6.20. The molecule has 8 nitrogen and oxygen atoms in total. The highest BCUT2D eigenvalue weighted by Crippen LogP contribution is 2.24. The average Bonchev–Trinajstić information content (AvgIpc) is 2.84. The molecule has 0 aliphatic carbocycles. The summed E-state index contributed by atoms with van der Waals surface area (Å²) >= 11 is 6.09. The van der Waals surface area contributed by atoms with Crippen LogP contribution in [0.4, 0.5) is 16.0 Å². The molecule has 1 aliphatic heterocycles. The first-order valence-corrected chi connectivity index (χ1v) is 11.4. The number of piperidine rings is 1. The van der Waals surface area contributed by atoms with Gasteiger partial charge >= 0.3 is 5.97 Å². The fourth-order valence-corrected chi connectivity index (χ4v) is 4.12. The predicted molar refractivity (Wildman–Crippen MR) is 130 cm³/mol. The molecule has 3 aromatic rings. The molecule has 2 heterocycles. The first kappa shape index (κ1) is 23.9. The van der Waals surface area contributed by atoms with E-state index in [2.05, 4.69) is 25.9 Å². The summed E-state index contributed by atoms with van der Waals surface area (Å²) in [4.78, 5) is 20.0. The van der Waals surface area contributed by atoms with Crippen LogP contribution in [0.1, 0.15) is 24.0 Å². The van der Waals surface area contributed by atoms with Gasteiger partial charge in [0.2, 0.25) is 0 Å². The molecule has 0 radical (unpaired) electrons. The number of anilines is 2. The van der Waals surface area contributed by atoms with E-state index in [1.54, 1.807) is 18.3 Å². The number of benzene rings is 2. The second kappa shape index (κ2) is 10.8. The molecule has 0 bridgehead atoms. The largest absolute Gasteiger partial charge is 0.480 e. The zero-order valence-electron chi connectivity index (χ0n) is 18.4. The number of nitrogens with zero attached hydrogens (tertiary/aromatic N) is 2. The lowest BCUT2D eigenvalue weighted by Crippen LogP contribution is -2.49. The van der Waals surface area contributed by atoms with Crippen LogP contribution in [0.25, 0.3) is 11.3 Å². The van der Waals surface area contributed by atoms with Gasteiger partial charge in [-0.05, 0) is 37.1 Å². The lowest BCUT2D eigenvalue weighted by molar-refractivity contribution is -0.140. The maximum Gasteiger partial charge on any atom is 0.320 e. The summed E-state index contributed by atoms with van der Waals surface area (Å²) in [5.74, 6) is -0.665. The van der Waals surface area contributed by atoms with Crippen molar-refractivity contribution in [1.82, 2.24) is 20.6 Å². The van der Waals surface area contributed by atoms with Crippen molar-refractivity contribution in [2.75, 3.05) is 17.6 Å². The van der Waals surface area contributed by atoms with Crippen LogP contribution in [0.15, 0.2) is 48.7 Å². The van der Waals surface area contributed by atoms with Crippen molar-refractivity contribution in [2.45, 2.75) is 38.0 Å². The van der Waals surface area contributed by atoms with Crippen LogP contribution in [0.5, 0.6) is 0 Å². The molecule has 1 unspecified atom stereocenters. The molecule has 0 saturated carbocycles. The molecule has 1 aromatic heterocycles. The van der Waals surface area contributed by atoms with Crippen LogP contribution in [0.3, 0.4) is 0 Å². The predicted octanol–water partition coefficient (Wildman–Crippen LogP) is 3.43. The van der Waals surface area contributed by atoms with Crippen molar-refractivity contribution in [1.29, 1.82) is 0 Å². The van der Waals surface area contributed by atoms with E-state index in [0.717, 1.165) is 17.5 Å². The first-order chi connectivity index (χ1) is 16.4. The van der Waals surface area contributed by atoms with Crippen molar-refractivity contribution < 1.29 is 14.3 Å². The Hall–Kier alpha value is -3.27. The molecule has 2 aromatic carbocycles. The van der Waals surface area contributed by atoms with Gasteiger partial charge in [-0.25, -0.2) is 14.4 Å². The number of hydrogen-bond donors (Lipinski definition) is 5. The van der Waals surface area contributed by atoms with Crippen LogP contribution < -0.4 is 21.7 Å². The van der Waals surface area contributed by atoms with E-state index >= 15 is 0 Å². The van der Waals surface area contributed by atoms with E-state index < -0.39 is 17.8 Å². The van der Waals surface area contributed by atoms with E-state index in [1.165, 1.54) is 6.07 Å². The van der Waals surface area contributed by atoms with Crippen LogP contribution in [-0.4, -0.2) is 39.7 Å². The minimum Gasteiger partial charge on any atom is -0.480 e. The molecule has 34 heavy (non-hydrogen) atoms. The van der Waals surface area contributed by atoms with Crippen LogP contribution in [-0.2, 0) is 17.9 Å². The van der Waals surface area contributed by atoms with Gasteiger partial charge in [-0.2, -0.15) is 0 Å². The van der Waals surface area contributed by atoms with Crippen molar-refractivity contribution in [3.8, 4) is 11.3 Å². The van der Waals surface area contributed by atoms with E-state index in [4.69, 9.17) is 17.3 Å². The molecule has 0 spiro atoms. The maximum absolute atomic E-state index is 14.0. The van der Waals surface area contributed by atoms with E-state index in [1.807, 2.05) is 24.3 Å². The quantitative estimate of drug-likeness (QED) is 0.329. The molecule has 10 heteroatoms. The number of carbonyl (C=O) groups is 1. The minimum atomic E-state index is -0.814. The summed E-state index contributed by atoms with van der Waals surface area (Å²) in [6.45, 7) is 1.45. The second-order valence-corrected chi connectivity index (χ2v) is 8.59. The zero-order valence-corrected chi connectivity index (χ0v) is 19.1. The van der Waals surface area contributed by atoms with Crippen LogP contribution in [0.2, 0.25) is 5.02 Å². The lowest BCUT2D eigenvalue weighted by Gasteiger charge is -2.28. The van der Waals surface area contributed by atoms with Gasteiger partial charge in [-0.1, -0.05) is 41.9 Å². The van der Waals surface area contributed by atoms with Crippen LogP contribution in [0, 0.1) is 5.82 Å². The van der Waals surface area contributed by atoms with Gasteiger partial charge in [0.25, 0.3) is 0 Å². The van der Waals surface area contributed by atoms with Gasteiger partial charge in [0.15, 0.2) is 11.6 Å². The van der Waals surface area contributed by atoms with Crippen LogP contribution >= 0.6 is 11.6 Å². The Labute approximate surface area is 201 Å². The van der Waals surface area contributed by atoms with Gasteiger partial charge in [0.1, 0.15) is 11.9 Å². The van der Waals surface area contributed by atoms with Gasteiger partial charge < -0.3 is 26.8 Å². The topological polar surface area (TPSA) is 125 Å². The van der Waals surface area contributed by atoms with E-state index in [0.29, 0.717) is 41.6 Å². The fourth-order valence-electron chi connectivity index (χ4n) is 3.89. The Morgan fingerprint density at radius 1 is 1.24 bits per heavy atom. The minimum absolute atomic E-state index is 0.123. The Kier molecular flexibility index (Phi) is 7.56. The smallest absolute Gasteiger partial charge is 0.320 e. The number of aliphatic carboxylic acids is 1. The molecule has 1 fully saturated rings. The third kappa shape index (κ3) is 5.80. The SMILES string of the molecule is Nc1ncc(-c2ccc(CNC3CCN[C@@H](C(=O)O)C3)cc2)nc1NCc1c(F)cccc1Cl. The highest BCUT2D eigenvalue weighted by molar-refractivity contribution is 6.31. The lowest BCUT2D eigenvalue weighted by atomic mass is 9.99. The Bertz CT molecular complexity index is 1140. The van der Waals surface area contributed by atoms with Crippen molar-refractivity contribution in [3.05, 3.63) is 70.6 Å². The first-order valence-electron chi connectivity index (χ1n) is 11.0. The number of hydrogen-bond acceptors (Lipinski definition) is 7. The number of rotatable bonds is 8. The zero-order chi connectivity index (χ0) is 24.1. The van der Waals surface area contributed by atoms with Crippen molar-refractivity contribution >= 4 is 29.2 Å². The van der Waals surface area contributed by atoms with Gasteiger partial charge in [0, 0.05) is 35.3 Å². The number of carboxylic acids is 1. The van der Waals surface area contributed by atoms with Crippen molar-refractivity contribution in [3.63, 3.8) is 0 Å². The number of nitrogens with one attached hydrogen (secondary N) is 3. The standard InChI is InChI=1S/C24H26ClFN6O2/c25-18-2-1-3-19(26)17(18)12-31-23-22(27)30-13-21(32-23)15-6-4-14(5-7-15)11-29-16-8-9-28-20(10-16)24(33)34/h1-7,13,16,20,28-29H,8-12H2,(H2,27,30)(H,31,32)(H,33,34)/t16?,20-/m1/s1. The molecule has 0 amide bonds. The molecule has 4 rings (SSSR count). The molecular weight excluding hydrogens is 459 g/mol. The molecule has 178 valence electrons. The van der Waals surface area contributed by atoms with Gasteiger partial charge in [-0.3, -0.25) is 4.79 Å². The number of nitrogen functional groups attached to an aromatic ring is 1. The van der Waals surface area contributed by atoms with E-state index in [9.17, 15) is 14.3 Å². The highest BCUT2D eigenvalue weighted by Gasteiger charge is 2.25. The van der Waals surface area contributed by atoms with E-state index in [-0.39, 0.29) is 18.4 Å². The summed E-state index contributed by atoms with van der Waals surface area (Å²) in [6, 6.07) is 12.0. The highest BCUT2D eigenvalue weighted by atomic mass is 35.5. The average molecular weight is 485 g/mol. The summed E-state index contributed by atoms with van der Waals surface area (Å²) in [5, 5.41) is 19.0. The number of aromatic nitrogens is 2. The maximum atomic E-state index is 14.0. The number of nitrogens with two attached hydrogens (primary N) is 1. The molecule has 1 saturated heterocycles. The number of halogens is 2. The third-order valence-electron chi connectivity index (χ3n) is 5.84. The Morgan fingerprint density at radius 2 is 2.03 bits per heavy atom. The molecule has 2 atom stereocenters. The number of carboxylic acid groups (broad SMARTS) is 1.